The molecule has 0 aromatic rings. The smallest absolute Gasteiger partial charge is 0.408 e. The summed E-state index contributed by atoms with van der Waals surface area (Å²) in [5.41, 5.74) is -0.431. The predicted molar refractivity (Wildman–Crippen MR) is 40.0 cm³/mol. The highest BCUT2D eigenvalue weighted by Gasteiger charge is 2.38. The fraction of sp³-hybridized carbons (Fsp3) is 0.429. The summed E-state index contributed by atoms with van der Waals surface area (Å²) in [5, 5.41) is 17.1. The van der Waals surface area contributed by atoms with Crippen LogP contribution in [0.2, 0.25) is 0 Å². The molecule has 1 saturated heterocycles. The zero-order valence-corrected chi connectivity index (χ0v) is 6.91. The average molecular weight is 207 g/mol. The Kier molecular flexibility index (Phi) is 2.68. The number of halogens is 2. The number of nitrogens with zero attached hydrogens (tertiary/aromatic N) is 1. The van der Waals surface area contributed by atoms with E-state index in [1.807, 2.05) is 0 Å². The molecule has 0 saturated carbocycles. The van der Waals surface area contributed by atoms with Gasteiger partial charge < -0.3 is 10.2 Å². The number of rotatable bonds is 1. The van der Waals surface area contributed by atoms with E-state index < -0.39 is 42.7 Å². The van der Waals surface area contributed by atoms with Crippen LogP contribution in [0.3, 0.4) is 0 Å². The van der Waals surface area contributed by atoms with E-state index in [0.717, 1.165) is 0 Å². The minimum Gasteiger partial charge on any atom is -0.480 e. The summed E-state index contributed by atoms with van der Waals surface area (Å²) in [4.78, 5) is 21.5. The van der Waals surface area contributed by atoms with E-state index in [9.17, 15) is 18.4 Å². The minimum absolute atomic E-state index is 0.431. The van der Waals surface area contributed by atoms with Crippen LogP contribution in [0.25, 0.3) is 0 Å². The maximum absolute atomic E-state index is 12.1. The zero-order chi connectivity index (χ0) is 10.9. The number of aliphatic carboxylic acids is 1. The van der Waals surface area contributed by atoms with Gasteiger partial charge in [0.1, 0.15) is 6.04 Å². The normalized spacial score (nSPS) is 21.1. The topological polar surface area (TPSA) is 77.8 Å². The molecule has 1 amide bonds. The SMILES string of the molecule is O=C(O)[C@@H]1CC(=C(F)F)CN1C(=O)O. The number of hydrogen-bond acceptors (Lipinski definition) is 2. The van der Waals surface area contributed by atoms with Crippen LogP contribution < -0.4 is 0 Å². The van der Waals surface area contributed by atoms with E-state index in [1.54, 1.807) is 0 Å². The van der Waals surface area contributed by atoms with Gasteiger partial charge in [0, 0.05) is 12.0 Å². The van der Waals surface area contributed by atoms with Crippen molar-refractivity contribution >= 4 is 12.1 Å². The molecule has 78 valence electrons. The second kappa shape index (κ2) is 3.60. The molecule has 7 heteroatoms. The largest absolute Gasteiger partial charge is 0.480 e. The zero-order valence-electron chi connectivity index (χ0n) is 6.91. The van der Waals surface area contributed by atoms with E-state index in [0.29, 0.717) is 4.90 Å². The van der Waals surface area contributed by atoms with Crippen molar-refractivity contribution < 1.29 is 28.6 Å². The maximum atomic E-state index is 12.1. The molecular formula is C7H7F2NO4. The number of carbonyl (C=O) groups is 2. The van der Waals surface area contributed by atoms with Gasteiger partial charge in [0.15, 0.2) is 0 Å². The highest BCUT2D eigenvalue weighted by atomic mass is 19.3. The van der Waals surface area contributed by atoms with Crippen molar-refractivity contribution in [3.8, 4) is 0 Å². The van der Waals surface area contributed by atoms with Crippen molar-refractivity contribution in [1.82, 2.24) is 4.90 Å². The maximum Gasteiger partial charge on any atom is 0.408 e. The second-order valence-corrected chi connectivity index (χ2v) is 2.83. The van der Waals surface area contributed by atoms with Crippen molar-refractivity contribution in [2.24, 2.45) is 0 Å². The third-order valence-electron chi connectivity index (χ3n) is 1.98. The van der Waals surface area contributed by atoms with Gasteiger partial charge in [-0.3, -0.25) is 4.90 Å². The van der Waals surface area contributed by atoms with Gasteiger partial charge in [0.05, 0.1) is 6.54 Å². The first-order valence-electron chi connectivity index (χ1n) is 3.69. The molecule has 2 N–H and O–H groups in total. The fourth-order valence-electron chi connectivity index (χ4n) is 1.28. The van der Waals surface area contributed by atoms with E-state index in [4.69, 9.17) is 10.2 Å². The molecule has 0 bridgehead atoms. The van der Waals surface area contributed by atoms with Crippen LogP contribution in [0, 0.1) is 0 Å². The third-order valence-corrected chi connectivity index (χ3v) is 1.98. The lowest BCUT2D eigenvalue weighted by atomic mass is 10.2. The summed E-state index contributed by atoms with van der Waals surface area (Å²) in [5.74, 6) is -1.41. The Morgan fingerprint density at radius 1 is 1.36 bits per heavy atom. The molecule has 0 aliphatic carbocycles. The van der Waals surface area contributed by atoms with Gasteiger partial charge in [0.2, 0.25) is 0 Å². The highest BCUT2D eigenvalue weighted by molar-refractivity contribution is 5.81. The molecule has 5 nitrogen and oxygen atoms in total. The van der Waals surface area contributed by atoms with E-state index >= 15 is 0 Å². The summed E-state index contributed by atoms with van der Waals surface area (Å²) in [7, 11) is 0. The van der Waals surface area contributed by atoms with Crippen molar-refractivity contribution in [2.75, 3.05) is 6.54 Å². The van der Waals surface area contributed by atoms with Crippen LogP contribution in [0.4, 0.5) is 13.6 Å². The van der Waals surface area contributed by atoms with E-state index in [2.05, 4.69) is 0 Å². The number of carboxylic acid groups (broad SMARTS) is 2. The quantitative estimate of drug-likeness (QED) is 0.671. The van der Waals surface area contributed by atoms with Gasteiger partial charge >= 0.3 is 12.1 Å². The molecule has 0 radical (unpaired) electrons. The highest BCUT2D eigenvalue weighted by Crippen LogP contribution is 2.26. The predicted octanol–water partition coefficient (Wildman–Crippen LogP) is 0.974. The number of hydrogen-bond donors (Lipinski definition) is 2. The lowest BCUT2D eigenvalue weighted by molar-refractivity contribution is -0.141. The van der Waals surface area contributed by atoms with Crippen LogP contribution in [0.15, 0.2) is 11.7 Å². The lowest BCUT2D eigenvalue weighted by Gasteiger charge is -2.16. The molecule has 0 unspecified atom stereocenters. The molecule has 0 aromatic heterocycles. The van der Waals surface area contributed by atoms with Gasteiger partial charge in [-0.2, -0.15) is 8.78 Å². The number of amides is 1. The molecule has 1 fully saturated rings. The first kappa shape index (κ1) is 10.4. The van der Waals surface area contributed by atoms with Crippen molar-refractivity contribution in [2.45, 2.75) is 12.5 Å². The average Bonchev–Trinajstić information content (AvgIpc) is 2.47. The van der Waals surface area contributed by atoms with Crippen LogP contribution in [-0.4, -0.2) is 39.8 Å². The number of carboxylic acids is 1. The molecule has 0 aromatic carbocycles. The van der Waals surface area contributed by atoms with Gasteiger partial charge in [-0.1, -0.05) is 0 Å². The summed E-state index contributed by atoms with van der Waals surface area (Å²) in [6.07, 6.45) is -3.95. The van der Waals surface area contributed by atoms with E-state index in [1.165, 1.54) is 0 Å². The first-order chi connectivity index (χ1) is 6.43. The van der Waals surface area contributed by atoms with Crippen molar-refractivity contribution in [3.05, 3.63) is 11.7 Å². The van der Waals surface area contributed by atoms with Crippen LogP contribution in [0.1, 0.15) is 6.42 Å². The van der Waals surface area contributed by atoms with Gasteiger partial charge in [0.25, 0.3) is 6.08 Å². The molecule has 1 atom stereocenters. The van der Waals surface area contributed by atoms with Gasteiger partial charge in [-0.25, -0.2) is 9.59 Å². The molecule has 1 aliphatic rings. The van der Waals surface area contributed by atoms with Crippen molar-refractivity contribution in [3.63, 3.8) is 0 Å². The molecule has 14 heavy (non-hydrogen) atoms. The summed E-state index contributed by atoms with van der Waals surface area (Å²) in [6.45, 7) is -0.533. The molecule has 0 spiro atoms. The Morgan fingerprint density at radius 3 is 2.21 bits per heavy atom. The minimum atomic E-state index is -2.00. The molecular weight excluding hydrogens is 200 g/mol. The monoisotopic (exact) mass is 207 g/mol. The van der Waals surface area contributed by atoms with E-state index in [-0.39, 0.29) is 0 Å². The molecule has 1 rings (SSSR count). The Balaban J connectivity index is 2.92. The van der Waals surface area contributed by atoms with Gasteiger partial charge in [-0.05, 0) is 0 Å². The third kappa shape index (κ3) is 1.81. The standard InChI is InChI=1S/C7H7F2NO4/c8-5(9)3-1-4(6(11)12)10(2-3)7(13)14/h4H,1-2H2,(H,11,12)(H,13,14)/t4-/m0/s1. The van der Waals surface area contributed by atoms with Gasteiger partial charge in [-0.15, -0.1) is 0 Å². The Bertz CT molecular complexity index is 287. The Morgan fingerprint density at radius 2 is 1.93 bits per heavy atom. The second-order valence-electron chi connectivity index (χ2n) is 2.83. The van der Waals surface area contributed by atoms with Crippen molar-refractivity contribution in [1.29, 1.82) is 0 Å². The fourth-order valence-corrected chi connectivity index (χ4v) is 1.28. The molecule has 1 heterocycles. The number of likely N-dealkylation sites (tertiary alicyclic amines) is 1. The summed E-state index contributed by atoms with van der Waals surface area (Å²) >= 11 is 0. The van der Waals surface area contributed by atoms with Crippen LogP contribution >= 0.6 is 0 Å². The van der Waals surface area contributed by atoms with Crippen LogP contribution in [-0.2, 0) is 4.79 Å². The summed E-state index contributed by atoms with van der Waals surface area (Å²) in [6, 6.07) is -1.40. The summed E-state index contributed by atoms with van der Waals surface area (Å²) < 4.78 is 24.2. The first-order valence-corrected chi connectivity index (χ1v) is 3.69. The molecule has 1 aliphatic heterocycles. The lowest BCUT2D eigenvalue weighted by Crippen LogP contribution is -2.39. The Hall–Kier alpha value is -1.66. The van der Waals surface area contributed by atoms with Crippen LogP contribution in [0.5, 0.6) is 0 Å². The Labute approximate surface area is 77.2 Å².